The lowest BCUT2D eigenvalue weighted by atomic mass is 10.1. The van der Waals surface area contributed by atoms with Crippen molar-refractivity contribution in [1.29, 1.82) is 0 Å². The Morgan fingerprint density at radius 1 is 1.06 bits per heavy atom. The van der Waals surface area contributed by atoms with Gasteiger partial charge >= 0.3 is 6.03 Å². The smallest absolute Gasteiger partial charge is 0.315 e. The number of aromatic amines is 1. The normalized spacial score (nSPS) is 12.8. The fourth-order valence-corrected chi connectivity index (χ4v) is 3.81. The number of benzene rings is 3. The highest BCUT2D eigenvalue weighted by Gasteiger charge is 2.20. The van der Waals surface area contributed by atoms with Gasteiger partial charge in [-0.25, -0.2) is 9.78 Å². The number of H-pyrrole nitrogens is 1. The van der Waals surface area contributed by atoms with Crippen LogP contribution in [0.15, 0.2) is 72.8 Å². The lowest BCUT2D eigenvalue weighted by Crippen LogP contribution is -2.40. The number of ether oxygens (including phenoxy) is 1. The van der Waals surface area contributed by atoms with E-state index >= 15 is 0 Å². The summed E-state index contributed by atoms with van der Waals surface area (Å²) < 4.78 is 5.25. The minimum atomic E-state index is -0.345. The number of amides is 2. The molecule has 7 heteroatoms. The first-order chi connectivity index (χ1) is 15.5. The van der Waals surface area contributed by atoms with Crippen LogP contribution in [0.25, 0.3) is 11.0 Å². The van der Waals surface area contributed by atoms with Crippen LogP contribution in [0, 0.1) is 0 Å². The molecule has 0 radical (unpaired) electrons. The molecule has 0 saturated heterocycles. The second-order valence-electron chi connectivity index (χ2n) is 7.64. The molecule has 3 N–H and O–H groups in total. The molecule has 0 unspecified atom stereocenters. The molecule has 0 spiro atoms. The minimum Gasteiger partial charge on any atom is -0.497 e. The van der Waals surface area contributed by atoms with Crippen molar-refractivity contribution in [3.8, 4) is 5.75 Å². The van der Waals surface area contributed by atoms with Gasteiger partial charge in [0.2, 0.25) is 0 Å². The Kier molecular flexibility index (Phi) is 6.61. The Morgan fingerprint density at radius 2 is 1.84 bits per heavy atom. The maximum atomic E-state index is 12.9. The first kappa shape index (κ1) is 21.7. The van der Waals surface area contributed by atoms with Crippen molar-refractivity contribution in [1.82, 2.24) is 20.6 Å². The summed E-state index contributed by atoms with van der Waals surface area (Å²) in [4.78, 5) is 20.9. The summed E-state index contributed by atoms with van der Waals surface area (Å²) in [5.41, 5.74) is 3.77. The zero-order valence-corrected chi connectivity index (χ0v) is 18.7. The lowest BCUT2D eigenvalue weighted by Gasteiger charge is -2.20. The quantitative estimate of drug-likeness (QED) is 0.346. The van der Waals surface area contributed by atoms with Gasteiger partial charge in [0.1, 0.15) is 11.6 Å². The Balaban J connectivity index is 1.54. The van der Waals surface area contributed by atoms with Crippen molar-refractivity contribution in [2.24, 2.45) is 0 Å². The third-order valence-electron chi connectivity index (χ3n) is 5.34. The van der Waals surface area contributed by atoms with E-state index < -0.39 is 0 Å². The van der Waals surface area contributed by atoms with Crippen molar-refractivity contribution in [3.63, 3.8) is 0 Å². The van der Waals surface area contributed by atoms with E-state index in [2.05, 4.69) is 15.6 Å². The van der Waals surface area contributed by atoms with Gasteiger partial charge in [0.25, 0.3) is 0 Å². The maximum absolute atomic E-state index is 12.9. The number of methoxy groups -OCH3 is 1. The number of hydrogen-bond acceptors (Lipinski definition) is 3. The third kappa shape index (κ3) is 5.21. The Labute approximate surface area is 192 Å². The van der Waals surface area contributed by atoms with Crippen LogP contribution in [-0.4, -0.2) is 23.1 Å². The van der Waals surface area contributed by atoms with Gasteiger partial charge in [0.05, 0.1) is 30.2 Å². The average Bonchev–Trinajstić information content (AvgIpc) is 3.23. The number of hydrogen-bond donors (Lipinski definition) is 3. The molecule has 0 saturated carbocycles. The van der Waals surface area contributed by atoms with E-state index in [1.165, 1.54) is 0 Å². The van der Waals surface area contributed by atoms with Gasteiger partial charge in [-0.05, 0) is 60.9 Å². The van der Waals surface area contributed by atoms with Crippen LogP contribution in [0.3, 0.4) is 0 Å². The highest BCUT2D eigenvalue weighted by Crippen LogP contribution is 2.22. The molecule has 0 fully saturated rings. The number of carbonyl (C=O) groups excluding carboxylic acids is 1. The molecule has 0 bridgehead atoms. The summed E-state index contributed by atoms with van der Waals surface area (Å²) >= 11 is 6.09. The van der Waals surface area contributed by atoms with E-state index in [4.69, 9.17) is 21.3 Å². The lowest BCUT2D eigenvalue weighted by molar-refractivity contribution is 0.233. The number of para-hydroxylation sites is 2. The second-order valence-corrected chi connectivity index (χ2v) is 8.07. The highest BCUT2D eigenvalue weighted by molar-refractivity contribution is 6.30. The number of halogens is 1. The summed E-state index contributed by atoms with van der Waals surface area (Å²) in [5.74, 6) is 1.49. The van der Waals surface area contributed by atoms with Gasteiger partial charge in [-0.15, -0.1) is 0 Å². The van der Waals surface area contributed by atoms with Crippen molar-refractivity contribution in [3.05, 3.63) is 94.8 Å². The van der Waals surface area contributed by atoms with Crippen molar-refractivity contribution < 1.29 is 9.53 Å². The van der Waals surface area contributed by atoms with Crippen LogP contribution in [0.2, 0.25) is 5.02 Å². The molecule has 2 amide bonds. The first-order valence-electron chi connectivity index (χ1n) is 10.4. The van der Waals surface area contributed by atoms with Crippen LogP contribution >= 0.6 is 11.6 Å². The van der Waals surface area contributed by atoms with Gasteiger partial charge < -0.3 is 20.4 Å². The minimum absolute atomic E-state index is 0.203. The number of nitrogens with one attached hydrogen (secondary N) is 3. The molecule has 4 rings (SSSR count). The van der Waals surface area contributed by atoms with Crippen LogP contribution in [0.1, 0.15) is 36.0 Å². The summed E-state index contributed by atoms with van der Waals surface area (Å²) in [6.45, 7) is 1.92. The predicted molar refractivity (Wildman–Crippen MR) is 127 cm³/mol. The number of imidazole rings is 1. The first-order valence-corrected chi connectivity index (χ1v) is 10.8. The van der Waals surface area contributed by atoms with Gasteiger partial charge in [-0.3, -0.25) is 0 Å². The summed E-state index contributed by atoms with van der Waals surface area (Å²) in [7, 11) is 1.64. The maximum Gasteiger partial charge on any atom is 0.315 e. The predicted octanol–water partition coefficient (Wildman–Crippen LogP) is 5.57. The standard InChI is InChI=1S/C25H25ClN4O2/c1-16(18-6-5-7-19(26)15-18)27-25(31)30-23(14-17-10-12-20(32-2)13-11-17)24-28-21-8-3-4-9-22(21)29-24/h3-13,15-16,23H,14H2,1-2H3,(H,28,29)(H2,27,30,31)/t16-,23+/m0/s1. The second kappa shape index (κ2) is 9.75. The molecule has 1 heterocycles. The fourth-order valence-electron chi connectivity index (χ4n) is 3.61. The molecule has 32 heavy (non-hydrogen) atoms. The molecule has 3 aromatic carbocycles. The SMILES string of the molecule is COc1ccc(C[C@@H](NC(=O)N[C@@H](C)c2cccc(Cl)c2)c2nc3ccccc3[nH]2)cc1. The summed E-state index contributed by atoms with van der Waals surface area (Å²) in [5, 5.41) is 6.71. The number of fused-ring (bicyclic) bond motifs is 1. The van der Waals surface area contributed by atoms with Crippen LogP contribution in [0.4, 0.5) is 4.79 Å². The zero-order chi connectivity index (χ0) is 22.5. The number of rotatable bonds is 7. The number of aromatic nitrogens is 2. The fraction of sp³-hybridized carbons (Fsp3) is 0.200. The Hall–Kier alpha value is -3.51. The number of nitrogens with zero attached hydrogens (tertiary/aromatic N) is 1. The molecule has 0 aliphatic rings. The summed E-state index contributed by atoms with van der Waals surface area (Å²) in [6, 6.07) is 22.2. The molecule has 2 atom stereocenters. The van der Waals surface area contributed by atoms with Crippen molar-refractivity contribution in [2.75, 3.05) is 7.11 Å². The molecular weight excluding hydrogens is 424 g/mol. The molecule has 164 valence electrons. The zero-order valence-electron chi connectivity index (χ0n) is 17.9. The van der Waals surface area contributed by atoms with Gasteiger partial charge in [-0.2, -0.15) is 0 Å². The Morgan fingerprint density at radius 3 is 2.56 bits per heavy atom. The number of urea groups is 1. The van der Waals surface area contributed by atoms with Crippen molar-refractivity contribution >= 4 is 28.7 Å². The van der Waals surface area contributed by atoms with E-state index in [0.717, 1.165) is 27.9 Å². The van der Waals surface area contributed by atoms with Gasteiger partial charge in [0.15, 0.2) is 0 Å². The van der Waals surface area contributed by atoms with Crippen molar-refractivity contribution in [2.45, 2.75) is 25.4 Å². The van der Waals surface area contributed by atoms with Crippen LogP contribution < -0.4 is 15.4 Å². The summed E-state index contributed by atoms with van der Waals surface area (Å²) in [6.07, 6.45) is 0.572. The van der Waals surface area contributed by atoms with Gasteiger partial charge in [0, 0.05) is 5.02 Å². The topological polar surface area (TPSA) is 79.0 Å². The third-order valence-corrected chi connectivity index (χ3v) is 5.57. The van der Waals surface area contributed by atoms with Gasteiger partial charge in [-0.1, -0.05) is 48.0 Å². The van der Waals surface area contributed by atoms with E-state index in [-0.39, 0.29) is 18.1 Å². The van der Waals surface area contributed by atoms with E-state index in [1.807, 2.05) is 79.7 Å². The number of carbonyl (C=O) groups is 1. The molecule has 0 aliphatic carbocycles. The molecule has 6 nitrogen and oxygen atoms in total. The van der Waals surface area contributed by atoms with E-state index in [0.29, 0.717) is 17.3 Å². The van der Waals surface area contributed by atoms with Crippen LogP contribution in [0.5, 0.6) is 5.75 Å². The molecule has 0 aliphatic heterocycles. The Bertz CT molecular complexity index is 1170. The molecular formula is C25H25ClN4O2. The average molecular weight is 449 g/mol. The monoisotopic (exact) mass is 448 g/mol. The molecule has 4 aromatic rings. The molecule has 1 aromatic heterocycles. The largest absolute Gasteiger partial charge is 0.497 e. The highest BCUT2D eigenvalue weighted by atomic mass is 35.5. The van der Waals surface area contributed by atoms with Crippen LogP contribution in [-0.2, 0) is 6.42 Å². The van der Waals surface area contributed by atoms with E-state index in [9.17, 15) is 4.79 Å². The van der Waals surface area contributed by atoms with E-state index in [1.54, 1.807) is 7.11 Å².